The molecule has 0 unspecified atom stereocenters. The SMILES string of the molecule is Nc1nnc(-c2cnn3ccccc23)n1N. The number of nitrogen functional groups attached to an aromatic ring is 2. The van der Waals surface area contributed by atoms with E-state index in [2.05, 4.69) is 15.3 Å². The van der Waals surface area contributed by atoms with Gasteiger partial charge >= 0.3 is 0 Å². The average Bonchev–Trinajstić information content (AvgIpc) is 2.85. The Morgan fingerprint density at radius 2 is 2.06 bits per heavy atom. The van der Waals surface area contributed by atoms with E-state index in [-0.39, 0.29) is 5.95 Å². The largest absolute Gasteiger partial charge is 0.366 e. The minimum absolute atomic E-state index is 0.172. The monoisotopic (exact) mass is 215 g/mol. The van der Waals surface area contributed by atoms with Crippen LogP contribution in [0, 0.1) is 0 Å². The molecule has 0 amide bonds. The van der Waals surface area contributed by atoms with Crippen LogP contribution in [-0.4, -0.2) is 24.5 Å². The zero-order valence-corrected chi connectivity index (χ0v) is 8.28. The van der Waals surface area contributed by atoms with Gasteiger partial charge in [-0.2, -0.15) is 5.10 Å². The third kappa shape index (κ3) is 1.05. The molecular weight excluding hydrogens is 206 g/mol. The van der Waals surface area contributed by atoms with E-state index < -0.39 is 0 Å². The third-order valence-corrected chi connectivity index (χ3v) is 2.39. The number of hydrogen-bond acceptors (Lipinski definition) is 5. The first-order valence-electron chi connectivity index (χ1n) is 4.66. The van der Waals surface area contributed by atoms with Crippen molar-refractivity contribution in [2.24, 2.45) is 0 Å². The first-order valence-corrected chi connectivity index (χ1v) is 4.66. The zero-order valence-electron chi connectivity index (χ0n) is 8.28. The van der Waals surface area contributed by atoms with Crippen molar-refractivity contribution < 1.29 is 0 Å². The van der Waals surface area contributed by atoms with Gasteiger partial charge in [-0.1, -0.05) is 6.07 Å². The molecule has 0 aliphatic heterocycles. The highest BCUT2D eigenvalue weighted by atomic mass is 15.4. The fourth-order valence-electron chi connectivity index (χ4n) is 1.59. The maximum absolute atomic E-state index is 5.71. The number of aromatic nitrogens is 5. The first-order chi connectivity index (χ1) is 7.77. The standard InChI is InChI=1S/C9H9N7/c10-9-14-13-8(16(9)11)6-5-12-15-4-2-1-3-7(6)15/h1-5H,11H2,(H2,10,14). The van der Waals surface area contributed by atoms with Gasteiger partial charge in [0.15, 0.2) is 5.82 Å². The second-order valence-electron chi connectivity index (χ2n) is 3.34. The third-order valence-electron chi connectivity index (χ3n) is 2.39. The molecule has 3 rings (SSSR count). The molecular formula is C9H9N7. The van der Waals surface area contributed by atoms with Crippen LogP contribution in [0.5, 0.6) is 0 Å². The predicted octanol–water partition coefficient (Wildman–Crippen LogP) is -0.111. The van der Waals surface area contributed by atoms with Crippen molar-refractivity contribution in [3.63, 3.8) is 0 Å². The van der Waals surface area contributed by atoms with Crippen LogP contribution in [0.25, 0.3) is 16.9 Å². The molecule has 80 valence electrons. The molecule has 7 heteroatoms. The Labute approximate surface area is 90.3 Å². The van der Waals surface area contributed by atoms with Crippen molar-refractivity contribution in [3.05, 3.63) is 30.6 Å². The van der Waals surface area contributed by atoms with Crippen molar-refractivity contribution >= 4 is 11.5 Å². The second kappa shape index (κ2) is 2.96. The van der Waals surface area contributed by atoms with Crippen molar-refractivity contribution in [2.75, 3.05) is 11.6 Å². The molecule has 0 spiro atoms. The van der Waals surface area contributed by atoms with E-state index in [1.54, 1.807) is 10.7 Å². The Morgan fingerprint density at radius 3 is 2.81 bits per heavy atom. The van der Waals surface area contributed by atoms with E-state index >= 15 is 0 Å². The fourth-order valence-corrected chi connectivity index (χ4v) is 1.59. The van der Waals surface area contributed by atoms with Crippen LogP contribution in [0.15, 0.2) is 30.6 Å². The Kier molecular flexibility index (Phi) is 1.61. The molecule has 7 nitrogen and oxygen atoms in total. The van der Waals surface area contributed by atoms with Crippen LogP contribution in [0.2, 0.25) is 0 Å². The van der Waals surface area contributed by atoms with Gasteiger partial charge in [-0.3, -0.25) is 0 Å². The van der Waals surface area contributed by atoms with E-state index in [9.17, 15) is 0 Å². The van der Waals surface area contributed by atoms with Gasteiger partial charge in [0.1, 0.15) is 0 Å². The Hall–Kier alpha value is -2.57. The van der Waals surface area contributed by atoms with Gasteiger partial charge < -0.3 is 11.6 Å². The molecule has 0 aromatic carbocycles. The summed E-state index contributed by atoms with van der Waals surface area (Å²) in [6, 6.07) is 5.74. The van der Waals surface area contributed by atoms with Crippen LogP contribution < -0.4 is 11.6 Å². The van der Waals surface area contributed by atoms with E-state index in [1.807, 2.05) is 24.4 Å². The van der Waals surface area contributed by atoms with Crippen molar-refractivity contribution in [2.45, 2.75) is 0 Å². The quantitative estimate of drug-likeness (QED) is 0.551. The summed E-state index contributed by atoms with van der Waals surface area (Å²) in [5.41, 5.74) is 7.23. The van der Waals surface area contributed by atoms with Gasteiger partial charge in [0.25, 0.3) is 0 Å². The number of pyridine rings is 1. The van der Waals surface area contributed by atoms with E-state index in [0.717, 1.165) is 11.1 Å². The second-order valence-corrected chi connectivity index (χ2v) is 3.34. The summed E-state index contributed by atoms with van der Waals surface area (Å²) < 4.78 is 2.98. The summed E-state index contributed by atoms with van der Waals surface area (Å²) in [6.45, 7) is 0. The van der Waals surface area contributed by atoms with Gasteiger partial charge in [0.05, 0.1) is 17.3 Å². The lowest BCUT2D eigenvalue weighted by atomic mass is 10.2. The summed E-state index contributed by atoms with van der Waals surface area (Å²) in [4.78, 5) is 0. The van der Waals surface area contributed by atoms with Gasteiger partial charge in [-0.25, -0.2) is 9.19 Å². The zero-order chi connectivity index (χ0) is 11.1. The molecule has 4 N–H and O–H groups in total. The van der Waals surface area contributed by atoms with Crippen molar-refractivity contribution in [1.82, 2.24) is 24.5 Å². The van der Waals surface area contributed by atoms with Gasteiger partial charge in [0.2, 0.25) is 5.95 Å². The number of nitrogens with zero attached hydrogens (tertiary/aromatic N) is 5. The number of rotatable bonds is 1. The maximum Gasteiger partial charge on any atom is 0.241 e. The van der Waals surface area contributed by atoms with Gasteiger partial charge in [-0.05, 0) is 12.1 Å². The number of anilines is 1. The fraction of sp³-hybridized carbons (Fsp3) is 0. The molecule has 0 aliphatic rings. The van der Waals surface area contributed by atoms with Crippen LogP contribution in [0.3, 0.4) is 0 Å². The number of nitrogens with two attached hydrogens (primary N) is 2. The summed E-state index contributed by atoms with van der Waals surface area (Å²) in [7, 11) is 0. The smallest absolute Gasteiger partial charge is 0.241 e. The number of hydrogen-bond donors (Lipinski definition) is 2. The van der Waals surface area contributed by atoms with Crippen LogP contribution >= 0.6 is 0 Å². The molecule has 3 aromatic heterocycles. The molecule has 16 heavy (non-hydrogen) atoms. The molecule has 0 bridgehead atoms. The van der Waals surface area contributed by atoms with Crippen molar-refractivity contribution in [3.8, 4) is 11.4 Å². The molecule has 0 fully saturated rings. The van der Waals surface area contributed by atoms with Crippen LogP contribution in [0.1, 0.15) is 0 Å². The number of fused-ring (bicyclic) bond motifs is 1. The molecule has 0 atom stereocenters. The average molecular weight is 215 g/mol. The van der Waals surface area contributed by atoms with E-state index in [4.69, 9.17) is 11.6 Å². The summed E-state index contributed by atoms with van der Waals surface area (Å²) in [5.74, 6) is 6.38. The highest BCUT2D eigenvalue weighted by Gasteiger charge is 2.13. The van der Waals surface area contributed by atoms with Crippen molar-refractivity contribution in [1.29, 1.82) is 0 Å². The Balaban J connectivity index is 2.30. The van der Waals surface area contributed by atoms with E-state index in [1.165, 1.54) is 4.68 Å². The topological polar surface area (TPSA) is 100 Å². The molecule has 0 aliphatic carbocycles. The lowest BCUT2D eigenvalue weighted by Crippen LogP contribution is -2.13. The van der Waals surface area contributed by atoms with Gasteiger partial charge in [0, 0.05) is 6.20 Å². The summed E-state index contributed by atoms with van der Waals surface area (Å²) in [6.07, 6.45) is 3.53. The molecule has 0 saturated heterocycles. The predicted molar refractivity (Wildman–Crippen MR) is 58.8 cm³/mol. The first kappa shape index (κ1) is 8.72. The normalized spacial score (nSPS) is 11.0. The minimum atomic E-state index is 0.172. The Morgan fingerprint density at radius 1 is 1.19 bits per heavy atom. The van der Waals surface area contributed by atoms with Crippen LogP contribution in [0.4, 0.5) is 5.95 Å². The minimum Gasteiger partial charge on any atom is -0.366 e. The molecule has 3 heterocycles. The maximum atomic E-state index is 5.71. The van der Waals surface area contributed by atoms with Gasteiger partial charge in [-0.15, -0.1) is 10.2 Å². The Bertz CT molecular complexity index is 651. The lowest BCUT2D eigenvalue weighted by molar-refractivity contribution is 0.961. The van der Waals surface area contributed by atoms with Crippen LogP contribution in [-0.2, 0) is 0 Å². The molecule has 0 radical (unpaired) electrons. The van der Waals surface area contributed by atoms with E-state index in [0.29, 0.717) is 5.82 Å². The highest BCUT2D eigenvalue weighted by molar-refractivity contribution is 5.76. The molecule has 3 aromatic rings. The highest BCUT2D eigenvalue weighted by Crippen LogP contribution is 2.22. The summed E-state index contributed by atoms with van der Waals surface area (Å²) >= 11 is 0. The lowest BCUT2D eigenvalue weighted by Gasteiger charge is -1.98. The summed E-state index contributed by atoms with van der Waals surface area (Å²) in [5, 5.41) is 11.8. The molecule has 0 saturated carbocycles.